The number of rotatable bonds is 1. The number of halogens is 1. The molecule has 0 heterocycles. The Bertz CT molecular complexity index is 34.5. The van der Waals surface area contributed by atoms with Crippen molar-refractivity contribution in [3.63, 3.8) is 0 Å². The van der Waals surface area contributed by atoms with Gasteiger partial charge in [0.15, 0.2) is 0 Å². The highest BCUT2D eigenvalue weighted by molar-refractivity contribution is 5.85. The molecule has 6 heavy (non-hydrogen) atoms. The Kier molecular flexibility index (Phi) is 13.7. The summed E-state index contributed by atoms with van der Waals surface area (Å²) < 4.78 is 0. The first kappa shape index (κ1) is 9.27. The maximum Gasteiger partial charge on any atom is 0.00276 e. The summed E-state index contributed by atoms with van der Waals surface area (Å²) in [6, 6.07) is 0. The minimum Gasteiger partial charge on any atom is -0.394 e. The Labute approximate surface area is 44.8 Å². The molecule has 0 aliphatic carbocycles. The molecule has 0 amide bonds. The van der Waals surface area contributed by atoms with E-state index in [-0.39, 0.29) is 12.4 Å². The molecule has 0 aromatic carbocycles. The quantitative estimate of drug-likeness (QED) is 0.530. The monoisotopic (exact) mass is 107 g/mol. The molecule has 0 unspecified atom stereocenters. The van der Waals surface area contributed by atoms with Crippen molar-refractivity contribution in [1.29, 1.82) is 0 Å². The van der Waals surface area contributed by atoms with Gasteiger partial charge in [0.2, 0.25) is 0 Å². The van der Waals surface area contributed by atoms with Crippen LogP contribution >= 0.6 is 12.4 Å². The Balaban J connectivity index is 0. The van der Waals surface area contributed by atoms with Gasteiger partial charge in [0, 0.05) is 7.05 Å². The van der Waals surface area contributed by atoms with E-state index in [1.165, 1.54) is 0 Å². The molecule has 0 fully saturated rings. The van der Waals surface area contributed by atoms with Crippen molar-refractivity contribution in [2.45, 2.75) is 6.92 Å². The van der Waals surface area contributed by atoms with Gasteiger partial charge in [-0.15, -0.1) is 12.4 Å². The fourth-order valence-electron chi connectivity index (χ4n) is 0.167. The van der Waals surface area contributed by atoms with E-state index in [9.17, 15) is 0 Å². The van der Waals surface area contributed by atoms with E-state index >= 15 is 0 Å². The second-order valence-corrected chi connectivity index (χ2v) is 0.789. The van der Waals surface area contributed by atoms with Crippen molar-refractivity contribution in [3.05, 3.63) is 12.3 Å². The van der Waals surface area contributed by atoms with Crippen molar-refractivity contribution in [2.24, 2.45) is 0 Å². The summed E-state index contributed by atoms with van der Waals surface area (Å²) in [4.78, 5) is 0. The summed E-state index contributed by atoms with van der Waals surface area (Å²) >= 11 is 0. The molecule has 38 valence electrons. The van der Waals surface area contributed by atoms with Crippen LogP contribution in [0.5, 0.6) is 0 Å². The first-order valence-corrected chi connectivity index (χ1v) is 1.70. The third kappa shape index (κ3) is 9.16. The van der Waals surface area contributed by atoms with Gasteiger partial charge in [-0.05, 0) is 13.1 Å². The molecule has 0 rings (SSSR count). The maximum absolute atomic E-state index is 2.84. The van der Waals surface area contributed by atoms with E-state index in [2.05, 4.69) is 5.32 Å². The van der Waals surface area contributed by atoms with Crippen LogP contribution in [0.25, 0.3) is 0 Å². The molecular weight excluding hydrogens is 97.5 g/mol. The predicted molar refractivity (Wildman–Crippen MR) is 31.1 cm³/mol. The van der Waals surface area contributed by atoms with Crippen LogP contribution in [-0.4, -0.2) is 7.05 Å². The summed E-state index contributed by atoms with van der Waals surface area (Å²) in [5.41, 5.74) is 0. The van der Waals surface area contributed by atoms with E-state index < -0.39 is 0 Å². The second kappa shape index (κ2) is 8.85. The molecule has 0 atom stereocenters. The first-order chi connectivity index (χ1) is 2.41. The van der Waals surface area contributed by atoms with Crippen LogP contribution in [0.3, 0.4) is 0 Å². The van der Waals surface area contributed by atoms with Crippen LogP contribution in [0.4, 0.5) is 0 Å². The van der Waals surface area contributed by atoms with Crippen molar-refractivity contribution in [2.75, 3.05) is 7.05 Å². The number of nitrogens with one attached hydrogen (secondary N) is 1. The summed E-state index contributed by atoms with van der Waals surface area (Å²) in [7, 11) is 1.88. The lowest BCUT2D eigenvalue weighted by Gasteiger charge is -1.75. The largest absolute Gasteiger partial charge is 0.394 e. The zero-order valence-electron chi connectivity index (χ0n) is 4.06. The standard InChI is InChI=1S/C4H9N.ClH/c1-3-4-5-2;/h3-5H,1-2H3;1H/b4-3-;. The van der Waals surface area contributed by atoms with E-state index in [1.807, 2.05) is 26.2 Å². The average molecular weight is 108 g/mol. The maximum atomic E-state index is 2.84. The Morgan fingerprint density at radius 1 is 1.50 bits per heavy atom. The van der Waals surface area contributed by atoms with E-state index in [1.54, 1.807) is 0 Å². The molecule has 0 spiro atoms. The van der Waals surface area contributed by atoms with Crippen molar-refractivity contribution < 1.29 is 0 Å². The third-order valence-corrected chi connectivity index (χ3v) is 0.333. The lowest BCUT2D eigenvalue weighted by Crippen LogP contribution is -1.89. The van der Waals surface area contributed by atoms with Crippen LogP contribution in [0.15, 0.2) is 12.3 Å². The van der Waals surface area contributed by atoms with Crippen molar-refractivity contribution in [1.82, 2.24) is 5.32 Å². The molecule has 0 saturated carbocycles. The minimum absolute atomic E-state index is 0. The molecule has 0 aliphatic rings. The molecule has 1 N–H and O–H groups in total. The third-order valence-electron chi connectivity index (χ3n) is 0.333. The van der Waals surface area contributed by atoms with E-state index in [0.29, 0.717) is 0 Å². The number of allylic oxidation sites excluding steroid dienone is 1. The normalized spacial score (nSPS) is 7.67. The lowest BCUT2D eigenvalue weighted by atomic mass is 10.7. The highest BCUT2D eigenvalue weighted by Crippen LogP contribution is 1.53. The Hall–Kier alpha value is -0.170. The van der Waals surface area contributed by atoms with Crippen LogP contribution in [0.1, 0.15) is 6.92 Å². The average Bonchev–Trinajstić information content (AvgIpc) is 1.41. The highest BCUT2D eigenvalue weighted by atomic mass is 35.5. The highest BCUT2D eigenvalue weighted by Gasteiger charge is 1.45. The van der Waals surface area contributed by atoms with Crippen LogP contribution in [-0.2, 0) is 0 Å². The summed E-state index contributed by atoms with van der Waals surface area (Å²) in [6.45, 7) is 1.97. The van der Waals surface area contributed by atoms with Gasteiger partial charge in [-0.25, -0.2) is 0 Å². The van der Waals surface area contributed by atoms with Crippen LogP contribution in [0, 0.1) is 0 Å². The van der Waals surface area contributed by atoms with Crippen LogP contribution < -0.4 is 5.32 Å². The predicted octanol–water partition coefficient (Wildman–Crippen LogP) is 1.16. The minimum atomic E-state index is 0. The molecule has 0 aliphatic heterocycles. The van der Waals surface area contributed by atoms with Crippen LogP contribution in [0.2, 0.25) is 0 Å². The Morgan fingerprint density at radius 2 is 2.00 bits per heavy atom. The van der Waals surface area contributed by atoms with E-state index in [0.717, 1.165) is 0 Å². The molecule has 1 nitrogen and oxygen atoms in total. The Morgan fingerprint density at radius 3 is 2.00 bits per heavy atom. The molecule has 0 aromatic heterocycles. The van der Waals surface area contributed by atoms with Gasteiger partial charge in [-0.1, -0.05) is 6.08 Å². The van der Waals surface area contributed by atoms with Gasteiger partial charge in [0.05, 0.1) is 0 Å². The van der Waals surface area contributed by atoms with E-state index in [4.69, 9.17) is 0 Å². The molecule has 2 heteroatoms. The summed E-state index contributed by atoms with van der Waals surface area (Å²) in [5.74, 6) is 0. The molecule has 0 saturated heterocycles. The molecule has 0 radical (unpaired) electrons. The number of hydrogen-bond donors (Lipinski definition) is 1. The molecular formula is C4H10ClN. The summed E-state index contributed by atoms with van der Waals surface area (Å²) in [5, 5.41) is 2.84. The topological polar surface area (TPSA) is 12.0 Å². The zero-order valence-corrected chi connectivity index (χ0v) is 4.88. The molecule has 0 aromatic rings. The van der Waals surface area contributed by atoms with Gasteiger partial charge >= 0.3 is 0 Å². The van der Waals surface area contributed by atoms with Gasteiger partial charge in [0.1, 0.15) is 0 Å². The zero-order chi connectivity index (χ0) is 4.12. The summed E-state index contributed by atoms with van der Waals surface area (Å²) in [6.07, 6.45) is 3.82. The first-order valence-electron chi connectivity index (χ1n) is 1.70. The smallest absolute Gasteiger partial charge is 0.00276 e. The second-order valence-electron chi connectivity index (χ2n) is 0.789. The fourth-order valence-corrected chi connectivity index (χ4v) is 0.167. The van der Waals surface area contributed by atoms with Crippen molar-refractivity contribution in [3.8, 4) is 0 Å². The van der Waals surface area contributed by atoms with Gasteiger partial charge in [0.25, 0.3) is 0 Å². The molecule has 0 bridgehead atoms. The van der Waals surface area contributed by atoms with Gasteiger partial charge in [-0.3, -0.25) is 0 Å². The van der Waals surface area contributed by atoms with Crippen molar-refractivity contribution >= 4 is 12.4 Å². The number of hydrogen-bond acceptors (Lipinski definition) is 1. The van der Waals surface area contributed by atoms with Gasteiger partial charge < -0.3 is 5.32 Å². The fraction of sp³-hybridized carbons (Fsp3) is 0.500. The SMILES string of the molecule is C/C=C\NC.Cl. The van der Waals surface area contributed by atoms with Gasteiger partial charge in [-0.2, -0.15) is 0 Å². The lowest BCUT2D eigenvalue weighted by molar-refractivity contribution is 1.10.